The molecule has 1 N–H and O–H groups in total. The molecule has 3 unspecified atom stereocenters. The molecule has 0 radical (unpaired) electrons. The number of nitrogens with one attached hydrogen (secondary N) is 1. The Labute approximate surface area is 539 Å². The number of quaternary nitrogens is 1. The van der Waals surface area contributed by atoms with E-state index in [1.54, 1.807) is 0 Å². The zero-order chi connectivity index (χ0) is 63.5. The molecule has 0 spiro atoms. The first kappa shape index (κ1) is 84.2. The molecule has 0 saturated heterocycles. The zero-order valence-corrected chi connectivity index (χ0v) is 58.9. The molecule has 0 fully saturated rings. The maximum absolute atomic E-state index is 13.6. The molecule has 0 aromatic carbocycles. The first-order chi connectivity index (χ1) is 42.4. The summed E-state index contributed by atoms with van der Waals surface area (Å²) in [6.45, 7) is 6.75. The third-order valence-corrected chi connectivity index (χ3v) is 17.3. The van der Waals surface area contributed by atoms with Crippen molar-refractivity contribution < 1.29 is 37.3 Å². The Morgan fingerprint density at radius 3 is 1.11 bits per heavy atom. The van der Waals surface area contributed by atoms with Crippen LogP contribution in [0.2, 0.25) is 0 Å². The Balaban J connectivity index is 4.97. The van der Waals surface area contributed by atoms with E-state index in [4.69, 9.17) is 13.8 Å². The lowest BCUT2D eigenvalue weighted by Crippen LogP contribution is -2.47. The van der Waals surface area contributed by atoms with E-state index in [0.29, 0.717) is 17.4 Å². The Morgan fingerprint density at radius 1 is 0.414 bits per heavy atom. The van der Waals surface area contributed by atoms with Crippen LogP contribution in [-0.4, -0.2) is 69.4 Å². The van der Waals surface area contributed by atoms with E-state index < -0.39 is 26.6 Å². The van der Waals surface area contributed by atoms with Crippen LogP contribution >= 0.6 is 7.82 Å². The Bertz CT molecular complexity index is 1760. The van der Waals surface area contributed by atoms with E-state index >= 15 is 0 Å². The van der Waals surface area contributed by atoms with Crippen LogP contribution in [0.1, 0.15) is 342 Å². The van der Waals surface area contributed by atoms with Gasteiger partial charge in [-0.05, 0) is 102 Å². The Morgan fingerprint density at radius 2 is 0.736 bits per heavy atom. The minimum absolute atomic E-state index is 0.0266. The number of likely N-dealkylation sites (N-methyl/N-ethyl adjacent to an activating group) is 1. The van der Waals surface area contributed by atoms with Crippen molar-refractivity contribution in [3.8, 4) is 0 Å². The molecule has 1 amide bonds. The molecule has 0 aromatic rings. The van der Waals surface area contributed by atoms with Gasteiger partial charge in [-0.25, -0.2) is 0 Å². The molecule has 0 aliphatic heterocycles. The van der Waals surface area contributed by atoms with E-state index in [2.05, 4.69) is 99.0 Å². The number of rotatable bonds is 67. The molecule has 9 nitrogen and oxygen atoms in total. The van der Waals surface area contributed by atoms with Crippen molar-refractivity contribution in [2.24, 2.45) is 0 Å². The fourth-order valence-electron chi connectivity index (χ4n) is 10.7. The number of ether oxygens (including phenoxy) is 1. The highest BCUT2D eigenvalue weighted by atomic mass is 31.2. The van der Waals surface area contributed by atoms with Crippen molar-refractivity contribution in [1.29, 1.82) is 0 Å². The number of carbonyl (C=O) groups excluding carboxylic acids is 2. The second kappa shape index (κ2) is 66.1. The summed E-state index contributed by atoms with van der Waals surface area (Å²) in [4.78, 5) is 40.2. The summed E-state index contributed by atoms with van der Waals surface area (Å²) in [5, 5.41) is 3.04. The first-order valence-corrected chi connectivity index (χ1v) is 38.4. The van der Waals surface area contributed by atoms with Crippen molar-refractivity contribution in [3.63, 3.8) is 0 Å². The third kappa shape index (κ3) is 67.4. The van der Waals surface area contributed by atoms with E-state index in [9.17, 15) is 19.0 Å². The van der Waals surface area contributed by atoms with Crippen LogP contribution in [0.15, 0.2) is 85.1 Å². The summed E-state index contributed by atoms with van der Waals surface area (Å²) >= 11 is 0. The SMILES string of the molecule is CC/C=C\C/C=C\C/C=C\C/C=C\C/C=C\CCCCCCCCCC(=O)NC(COP(=O)([O-])OCC[N+](C)(C)C)C(/C=C/CCCCCCCCCCC)OC(=O)CCCCCCCCCCCCCCCCCCC/C=C/CCCCCCCC. The summed E-state index contributed by atoms with van der Waals surface area (Å²) < 4.78 is 30.5. The molecule has 0 heterocycles. The van der Waals surface area contributed by atoms with Crippen LogP contribution in [0.25, 0.3) is 0 Å². The quantitative estimate of drug-likeness (QED) is 0.0212. The van der Waals surface area contributed by atoms with Gasteiger partial charge in [-0.15, -0.1) is 0 Å². The number of nitrogens with zero attached hydrogens (tertiary/aromatic N) is 1. The number of amides is 1. The average Bonchev–Trinajstić information content (AvgIpc) is 3.70. The van der Waals surface area contributed by atoms with E-state index in [1.807, 2.05) is 33.3 Å². The number of phosphoric ester groups is 1. The lowest BCUT2D eigenvalue weighted by Gasteiger charge is -2.30. The number of hydrogen-bond acceptors (Lipinski definition) is 7. The number of allylic oxidation sites excluding steroid dienone is 13. The van der Waals surface area contributed by atoms with Gasteiger partial charge in [-0.2, -0.15) is 0 Å². The van der Waals surface area contributed by atoms with Crippen LogP contribution in [0, 0.1) is 0 Å². The highest BCUT2D eigenvalue weighted by Crippen LogP contribution is 2.38. The minimum atomic E-state index is -4.71. The maximum Gasteiger partial charge on any atom is 0.306 e. The maximum atomic E-state index is 13.6. The third-order valence-electron chi connectivity index (χ3n) is 16.3. The van der Waals surface area contributed by atoms with Gasteiger partial charge in [0.05, 0.1) is 33.8 Å². The summed E-state index contributed by atoms with van der Waals surface area (Å²) in [6, 6.07) is -0.898. The molecule has 0 bridgehead atoms. The predicted octanol–water partition coefficient (Wildman–Crippen LogP) is 23.0. The Kier molecular flexibility index (Phi) is 64.0. The fraction of sp³-hybridized carbons (Fsp3) is 0.792. The normalized spacial score (nSPS) is 14.0. The standard InChI is InChI=1S/C77H141N2O7P/c1-7-10-13-16-19-22-25-27-29-31-33-35-37-38-39-40-42-44-46-48-50-52-55-58-61-64-67-70-77(81)86-75(68-65-62-59-56-53-24-21-18-15-12-9-3)74(73-85-87(82,83)84-72-71-79(4,5)6)78-76(80)69-66-63-60-57-54-51-49-47-45-43-41-36-34-32-30-28-26-23-20-17-14-11-8-2/h11,14,20,23,27-30,34,36,43,45,65,68,74-75H,7-10,12-13,15-19,21-22,24-26,31-33,35,37-42,44,46-64,66-67,69-73H2,1-6H3,(H-,78,80,82,83)/b14-11-,23-20-,29-27+,30-28-,36-34-,45-43-,68-65+. The smallest absolute Gasteiger partial charge is 0.306 e. The number of phosphoric acid groups is 1. The van der Waals surface area contributed by atoms with Gasteiger partial charge in [-0.3, -0.25) is 14.2 Å². The number of carbonyl (C=O) groups is 2. The molecule has 506 valence electrons. The van der Waals surface area contributed by atoms with Gasteiger partial charge in [0.15, 0.2) is 0 Å². The topological polar surface area (TPSA) is 114 Å². The lowest BCUT2D eigenvalue weighted by molar-refractivity contribution is -0.870. The first-order valence-electron chi connectivity index (χ1n) is 36.9. The molecule has 87 heavy (non-hydrogen) atoms. The molecular formula is C77H141N2O7P. The molecule has 0 aliphatic carbocycles. The van der Waals surface area contributed by atoms with Gasteiger partial charge in [0.2, 0.25) is 5.91 Å². The van der Waals surface area contributed by atoms with Gasteiger partial charge < -0.3 is 28.5 Å². The predicted molar refractivity (Wildman–Crippen MR) is 376 cm³/mol. The highest BCUT2D eigenvalue weighted by Gasteiger charge is 2.27. The highest BCUT2D eigenvalue weighted by molar-refractivity contribution is 7.45. The van der Waals surface area contributed by atoms with Crippen molar-refractivity contribution >= 4 is 19.7 Å². The summed E-state index contributed by atoms with van der Waals surface area (Å²) in [7, 11) is 1.18. The molecule has 10 heteroatoms. The van der Waals surface area contributed by atoms with Crippen molar-refractivity contribution in [2.75, 3.05) is 40.9 Å². The van der Waals surface area contributed by atoms with E-state index in [1.165, 1.54) is 205 Å². The summed E-state index contributed by atoms with van der Waals surface area (Å²) in [5.74, 6) is -0.545. The monoisotopic (exact) mass is 1240 g/mol. The number of unbranched alkanes of at least 4 members (excludes halogenated alkanes) is 39. The second-order valence-corrected chi connectivity index (χ2v) is 27.5. The Hall–Kier alpha value is -2.81. The number of esters is 1. The summed E-state index contributed by atoms with van der Waals surface area (Å²) in [5.41, 5.74) is 0. The average molecular weight is 1240 g/mol. The van der Waals surface area contributed by atoms with Crippen molar-refractivity contribution in [2.45, 2.75) is 354 Å². The molecule has 0 rings (SSSR count). The largest absolute Gasteiger partial charge is 0.756 e. The van der Waals surface area contributed by atoms with Crippen LogP contribution in [-0.2, 0) is 27.9 Å². The molecule has 0 aliphatic rings. The second-order valence-electron chi connectivity index (χ2n) is 26.1. The van der Waals surface area contributed by atoms with Crippen molar-refractivity contribution in [1.82, 2.24) is 5.32 Å². The van der Waals surface area contributed by atoms with Crippen LogP contribution < -0.4 is 10.2 Å². The molecule has 0 aromatic heterocycles. The lowest BCUT2D eigenvalue weighted by atomic mass is 10.0. The van der Waals surface area contributed by atoms with Gasteiger partial charge in [0.1, 0.15) is 19.3 Å². The van der Waals surface area contributed by atoms with E-state index in [-0.39, 0.29) is 24.9 Å². The van der Waals surface area contributed by atoms with Crippen molar-refractivity contribution in [3.05, 3.63) is 85.1 Å². The van der Waals surface area contributed by atoms with Gasteiger partial charge in [0, 0.05) is 12.8 Å². The number of hydrogen-bond donors (Lipinski definition) is 1. The van der Waals surface area contributed by atoms with Crippen LogP contribution in [0.3, 0.4) is 0 Å². The van der Waals surface area contributed by atoms with E-state index in [0.717, 1.165) is 103 Å². The summed E-state index contributed by atoms with van der Waals surface area (Å²) in [6.07, 6.45) is 88.6. The van der Waals surface area contributed by atoms with Crippen LogP contribution in [0.4, 0.5) is 0 Å². The van der Waals surface area contributed by atoms with Crippen LogP contribution in [0.5, 0.6) is 0 Å². The van der Waals surface area contributed by atoms with Gasteiger partial charge >= 0.3 is 5.97 Å². The fourth-order valence-corrected chi connectivity index (χ4v) is 11.4. The minimum Gasteiger partial charge on any atom is -0.756 e. The van der Waals surface area contributed by atoms with Gasteiger partial charge in [0.25, 0.3) is 7.82 Å². The zero-order valence-electron chi connectivity index (χ0n) is 58.0. The molecule has 3 atom stereocenters. The van der Waals surface area contributed by atoms with Gasteiger partial charge in [-0.1, -0.05) is 312 Å². The molecular weight excluding hydrogens is 1100 g/mol. The molecule has 0 saturated carbocycles.